The monoisotopic (exact) mass is 344 g/mol. The van der Waals surface area contributed by atoms with Crippen molar-refractivity contribution in [3.8, 4) is 0 Å². The maximum Gasteiger partial charge on any atom is 0.308 e. The molecule has 1 aliphatic carbocycles. The summed E-state index contributed by atoms with van der Waals surface area (Å²) in [6.45, 7) is 11.0. The molecule has 2 heterocycles. The first-order valence-electron chi connectivity index (χ1n) is 8.49. The van der Waals surface area contributed by atoms with E-state index in [1.54, 1.807) is 21.0 Å². The molecule has 6 atom stereocenters. The topological polar surface area (TPSA) is 72.5 Å². The van der Waals surface area contributed by atoms with Crippen molar-refractivity contribution in [2.75, 3.05) is 7.11 Å². The van der Waals surface area contributed by atoms with E-state index in [0.29, 0.717) is 0 Å². The number of methoxy groups -OCH3 is 1. The fourth-order valence-corrected chi connectivity index (χ4v) is 3.70. The van der Waals surface area contributed by atoms with Crippen LogP contribution in [0.1, 0.15) is 41.5 Å². The van der Waals surface area contributed by atoms with Crippen LogP contribution in [0, 0.1) is 5.92 Å². The van der Waals surface area contributed by atoms with Crippen molar-refractivity contribution >= 4 is 5.97 Å². The molecule has 0 spiro atoms. The van der Waals surface area contributed by atoms with Crippen molar-refractivity contribution in [2.45, 2.75) is 89.7 Å². The van der Waals surface area contributed by atoms with Crippen LogP contribution >= 0.6 is 0 Å². The highest BCUT2D eigenvalue weighted by Crippen LogP contribution is 2.46. The maximum atomic E-state index is 12.2. The van der Waals surface area contributed by atoms with Gasteiger partial charge in [-0.15, -0.1) is 0 Å². The molecule has 0 N–H and O–H groups in total. The zero-order valence-corrected chi connectivity index (χ0v) is 15.4. The minimum Gasteiger partial charge on any atom is -0.456 e. The van der Waals surface area contributed by atoms with Gasteiger partial charge in [0.25, 0.3) is 0 Å². The van der Waals surface area contributed by atoms with Gasteiger partial charge in [-0.2, -0.15) is 0 Å². The molecule has 0 amide bonds. The predicted octanol–water partition coefficient (Wildman–Crippen LogP) is 1.62. The van der Waals surface area contributed by atoms with Gasteiger partial charge in [0.15, 0.2) is 17.7 Å². The molecule has 0 aromatic rings. The first-order chi connectivity index (χ1) is 11.0. The molecule has 0 aromatic carbocycles. The zero-order chi connectivity index (χ0) is 17.9. The van der Waals surface area contributed by atoms with E-state index in [-0.39, 0.29) is 24.1 Å². The summed E-state index contributed by atoms with van der Waals surface area (Å²) in [4.78, 5) is 12.2. The highest BCUT2D eigenvalue weighted by Gasteiger charge is 2.65. The lowest BCUT2D eigenvalue weighted by molar-refractivity contribution is -0.205. The van der Waals surface area contributed by atoms with Gasteiger partial charge in [0.1, 0.15) is 30.5 Å². The highest BCUT2D eigenvalue weighted by molar-refractivity contribution is 5.71. The zero-order valence-electron chi connectivity index (χ0n) is 15.4. The summed E-state index contributed by atoms with van der Waals surface area (Å²) in [5.41, 5.74) is 0. The normalized spacial score (nSPS) is 42.7. The third-order valence-electron chi connectivity index (χ3n) is 4.62. The van der Waals surface area contributed by atoms with Crippen molar-refractivity contribution in [3.63, 3.8) is 0 Å². The first kappa shape index (κ1) is 18.1. The molecule has 2 aliphatic heterocycles. The molecule has 3 fully saturated rings. The van der Waals surface area contributed by atoms with Crippen LogP contribution in [0.4, 0.5) is 0 Å². The maximum absolute atomic E-state index is 12.2. The first-order valence-corrected chi connectivity index (χ1v) is 8.49. The summed E-state index contributed by atoms with van der Waals surface area (Å²) in [5.74, 6) is -2.10. The Morgan fingerprint density at radius 3 is 1.67 bits per heavy atom. The number of ether oxygens (including phenoxy) is 6. The minimum absolute atomic E-state index is 0.244. The number of carbonyl (C=O) groups is 1. The SMILES string of the molecule is CO[C@H]1[C@H](OC(=O)C(C)C)[C@H]2OC(C)(C)O[C@H]2[C@@H]2OC(C)(C)O[C@H]12. The summed E-state index contributed by atoms with van der Waals surface area (Å²) in [6.07, 6.45) is -2.69. The van der Waals surface area contributed by atoms with E-state index in [0.717, 1.165) is 0 Å². The van der Waals surface area contributed by atoms with Crippen molar-refractivity contribution in [1.29, 1.82) is 0 Å². The van der Waals surface area contributed by atoms with Gasteiger partial charge in [0.05, 0.1) is 5.92 Å². The number of carbonyl (C=O) groups excluding carboxylic acids is 1. The second-order valence-corrected chi connectivity index (χ2v) is 7.89. The van der Waals surface area contributed by atoms with Crippen molar-refractivity contribution < 1.29 is 33.2 Å². The molecule has 2 saturated heterocycles. The standard InChI is InChI=1S/C17H28O7/c1-8(2)15(18)20-10-9(19-7)11-13(23-16(3,4)21-11)14-12(10)22-17(5,6)24-14/h8-14H,1-7H3/t9-,10-,11+,12+,13+,14+/m0/s1. The van der Waals surface area contributed by atoms with E-state index in [1.165, 1.54) is 0 Å². The number of rotatable bonds is 3. The van der Waals surface area contributed by atoms with E-state index in [9.17, 15) is 4.79 Å². The summed E-state index contributed by atoms with van der Waals surface area (Å²) < 4.78 is 35.6. The van der Waals surface area contributed by atoms with Crippen LogP contribution in [0.25, 0.3) is 0 Å². The van der Waals surface area contributed by atoms with Crippen molar-refractivity contribution in [3.05, 3.63) is 0 Å². The van der Waals surface area contributed by atoms with Crippen LogP contribution in [0.3, 0.4) is 0 Å². The Hall–Kier alpha value is -0.730. The van der Waals surface area contributed by atoms with Crippen molar-refractivity contribution in [2.24, 2.45) is 5.92 Å². The molecule has 3 aliphatic rings. The minimum atomic E-state index is -0.791. The molecule has 0 bridgehead atoms. The Bertz CT molecular complexity index is 501. The Morgan fingerprint density at radius 1 is 0.833 bits per heavy atom. The van der Waals surface area contributed by atoms with Gasteiger partial charge >= 0.3 is 5.97 Å². The Balaban J connectivity index is 1.93. The van der Waals surface area contributed by atoms with E-state index >= 15 is 0 Å². The third kappa shape index (κ3) is 3.08. The predicted molar refractivity (Wildman–Crippen MR) is 83.2 cm³/mol. The van der Waals surface area contributed by atoms with Crippen LogP contribution in [0.2, 0.25) is 0 Å². The molecule has 138 valence electrons. The molecule has 3 rings (SSSR count). The lowest BCUT2D eigenvalue weighted by Gasteiger charge is -2.41. The van der Waals surface area contributed by atoms with Gasteiger partial charge in [-0.05, 0) is 27.7 Å². The average Bonchev–Trinajstić information content (AvgIpc) is 2.94. The highest BCUT2D eigenvalue weighted by atomic mass is 16.8. The second kappa shape index (κ2) is 5.92. The summed E-state index contributed by atoms with van der Waals surface area (Å²) in [6, 6.07) is 0. The van der Waals surface area contributed by atoms with E-state index < -0.39 is 36.0 Å². The van der Waals surface area contributed by atoms with E-state index in [4.69, 9.17) is 28.4 Å². The van der Waals surface area contributed by atoms with Gasteiger partial charge in [-0.1, -0.05) is 13.8 Å². The lowest BCUT2D eigenvalue weighted by Crippen LogP contribution is -2.63. The van der Waals surface area contributed by atoms with Gasteiger partial charge < -0.3 is 28.4 Å². The van der Waals surface area contributed by atoms with Crippen LogP contribution in [-0.2, 0) is 33.2 Å². The van der Waals surface area contributed by atoms with Crippen molar-refractivity contribution in [1.82, 2.24) is 0 Å². The average molecular weight is 344 g/mol. The van der Waals surface area contributed by atoms with Crippen LogP contribution < -0.4 is 0 Å². The van der Waals surface area contributed by atoms with Gasteiger partial charge in [0, 0.05) is 7.11 Å². The number of esters is 1. The Kier molecular flexibility index (Phi) is 4.45. The molecule has 0 radical (unpaired) electrons. The molecule has 0 aromatic heterocycles. The lowest BCUT2D eigenvalue weighted by atomic mass is 9.84. The fraction of sp³-hybridized carbons (Fsp3) is 0.941. The van der Waals surface area contributed by atoms with Crippen LogP contribution in [-0.4, -0.2) is 61.3 Å². The second-order valence-electron chi connectivity index (χ2n) is 7.89. The van der Waals surface area contributed by atoms with E-state index in [1.807, 2.05) is 27.7 Å². The summed E-state index contributed by atoms with van der Waals surface area (Å²) >= 11 is 0. The molecular formula is C17H28O7. The van der Waals surface area contributed by atoms with Gasteiger partial charge in [-0.3, -0.25) is 4.79 Å². The largest absolute Gasteiger partial charge is 0.456 e. The van der Waals surface area contributed by atoms with Gasteiger partial charge in [-0.25, -0.2) is 0 Å². The molecular weight excluding hydrogens is 316 g/mol. The number of fused-ring (bicyclic) bond motifs is 3. The summed E-state index contributed by atoms with van der Waals surface area (Å²) in [7, 11) is 1.58. The molecule has 7 heteroatoms. The number of hydrogen-bond donors (Lipinski definition) is 0. The quantitative estimate of drug-likeness (QED) is 0.720. The Labute approximate surface area is 142 Å². The molecule has 7 nitrogen and oxygen atoms in total. The van der Waals surface area contributed by atoms with Crippen LogP contribution in [0.15, 0.2) is 0 Å². The molecule has 24 heavy (non-hydrogen) atoms. The summed E-state index contributed by atoms with van der Waals surface area (Å²) in [5, 5.41) is 0. The fourth-order valence-electron chi connectivity index (χ4n) is 3.70. The Morgan fingerprint density at radius 2 is 1.25 bits per heavy atom. The smallest absolute Gasteiger partial charge is 0.308 e. The molecule has 1 saturated carbocycles. The van der Waals surface area contributed by atoms with Gasteiger partial charge in [0.2, 0.25) is 0 Å². The molecule has 0 unspecified atom stereocenters. The third-order valence-corrected chi connectivity index (χ3v) is 4.62. The van der Waals surface area contributed by atoms with Crippen LogP contribution in [0.5, 0.6) is 0 Å². The number of hydrogen-bond acceptors (Lipinski definition) is 7. The van der Waals surface area contributed by atoms with E-state index in [2.05, 4.69) is 0 Å².